The third-order valence-corrected chi connectivity index (χ3v) is 5.24. The van der Waals surface area contributed by atoms with Gasteiger partial charge in [0.1, 0.15) is 5.69 Å². The summed E-state index contributed by atoms with van der Waals surface area (Å²) in [6.07, 6.45) is 4.13. The number of morpholine rings is 1. The molecule has 31 heavy (non-hydrogen) atoms. The Morgan fingerprint density at radius 2 is 1.81 bits per heavy atom. The van der Waals surface area contributed by atoms with Gasteiger partial charge in [-0.05, 0) is 32.4 Å². The molecule has 2 aromatic rings. The van der Waals surface area contributed by atoms with E-state index >= 15 is 0 Å². The molecule has 1 aliphatic heterocycles. The van der Waals surface area contributed by atoms with Crippen LogP contribution in [0.1, 0.15) is 34.6 Å². The average molecular weight is 426 g/mol. The van der Waals surface area contributed by atoms with Crippen molar-refractivity contribution in [2.75, 3.05) is 51.3 Å². The zero-order valence-electron chi connectivity index (χ0n) is 18.3. The molecular formula is C23H31N5O3. The summed E-state index contributed by atoms with van der Waals surface area (Å²) < 4.78 is 5.39. The van der Waals surface area contributed by atoms with Gasteiger partial charge in [-0.15, -0.1) is 0 Å². The number of nitrogens with zero attached hydrogens (tertiary/aromatic N) is 4. The van der Waals surface area contributed by atoms with Crippen LogP contribution >= 0.6 is 0 Å². The Morgan fingerprint density at radius 1 is 1.06 bits per heavy atom. The molecule has 0 bridgehead atoms. The average Bonchev–Trinajstić information content (AvgIpc) is 2.78. The molecule has 1 aromatic carbocycles. The van der Waals surface area contributed by atoms with Crippen molar-refractivity contribution in [3.05, 3.63) is 53.6 Å². The number of ether oxygens (including phenoxy) is 1. The van der Waals surface area contributed by atoms with E-state index in [1.807, 2.05) is 38.1 Å². The SMILES string of the molecule is Cc1ccc(NC(=O)CCN(CCCN2CCOCC2)C(=O)c2cnc(C)cn2)cc1. The number of benzene rings is 1. The lowest BCUT2D eigenvalue weighted by Crippen LogP contribution is -2.40. The van der Waals surface area contributed by atoms with Crippen molar-refractivity contribution in [3.63, 3.8) is 0 Å². The fraction of sp³-hybridized carbons (Fsp3) is 0.478. The predicted molar refractivity (Wildman–Crippen MR) is 119 cm³/mol. The van der Waals surface area contributed by atoms with E-state index in [1.54, 1.807) is 11.1 Å². The Bertz CT molecular complexity index is 849. The lowest BCUT2D eigenvalue weighted by molar-refractivity contribution is -0.116. The van der Waals surface area contributed by atoms with Crippen LogP contribution < -0.4 is 5.32 Å². The highest BCUT2D eigenvalue weighted by atomic mass is 16.5. The predicted octanol–water partition coefficient (Wildman–Crippen LogP) is 2.29. The lowest BCUT2D eigenvalue weighted by atomic mass is 10.2. The van der Waals surface area contributed by atoms with E-state index in [9.17, 15) is 9.59 Å². The largest absolute Gasteiger partial charge is 0.379 e. The number of amides is 2. The third kappa shape index (κ3) is 7.41. The normalized spacial score (nSPS) is 14.3. The number of carbonyl (C=O) groups excluding carboxylic acids is 2. The minimum atomic E-state index is -0.197. The highest BCUT2D eigenvalue weighted by Crippen LogP contribution is 2.10. The standard InChI is InChI=1S/C23H31N5O3/c1-18-4-6-20(7-5-18)26-22(29)8-11-28(10-3-9-27-12-14-31-15-13-27)23(30)21-17-24-19(2)16-25-21/h4-7,16-17H,3,8-15H2,1-2H3,(H,26,29). The van der Waals surface area contributed by atoms with E-state index in [0.717, 1.165) is 56.2 Å². The summed E-state index contributed by atoms with van der Waals surface area (Å²) in [7, 11) is 0. The van der Waals surface area contributed by atoms with Gasteiger partial charge in [0.05, 0.1) is 25.1 Å². The first-order valence-electron chi connectivity index (χ1n) is 10.8. The molecule has 1 fully saturated rings. The monoisotopic (exact) mass is 425 g/mol. The van der Waals surface area contributed by atoms with Crippen LogP contribution in [0, 0.1) is 13.8 Å². The van der Waals surface area contributed by atoms with Crippen molar-refractivity contribution >= 4 is 17.5 Å². The summed E-state index contributed by atoms with van der Waals surface area (Å²) in [6.45, 7) is 8.94. The van der Waals surface area contributed by atoms with Crippen LogP contribution in [0.3, 0.4) is 0 Å². The number of hydrogen-bond acceptors (Lipinski definition) is 6. The first kappa shape index (κ1) is 22.8. The molecule has 8 nitrogen and oxygen atoms in total. The highest BCUT2D eigenvalue weighted by molar-refractivity contribution is 5.93. The van der Waals surface area contributed by atoms with Gasteiger partial charge in [-0.3, -0.25) is 19.5 Å². The van der Waals surface area contributed by atoms with Gasteiger partial charge < -0.3 is 15.0 Å². The van der Waals surface area contributed by atoms with Crippen LogP contribution in [0.15, 0.2) is 36.7 Å². The summed E-state index contributed by atoms with van der Waals surface area (Å²) >= 11 is 0. The maximum absolute atomic E-state index is 13.0. The van der Waals surface area contributed by atoms with Crippen LogP contribution in [0.4, 0.5) is 5.69 Å². The number of aromatic nitrogens is 2. The maximum atomic E-state index is 13.0. The van der Waals surface area contributed by atoms with E-state index in [2.05, 4.69) is 20.2 Å². The molecule has 0 saturated carbocycles. The van der Waals surface area contributed by atoms with Crippen molar-refractivity contribution in [2.24, 2.45) is 0 Å². The van der Waals surface area contributed by atoms with E-state index in [4.69, 9.17) is 4.74 Å². The quantitative estimate of drug-likeness (QED) is 0.663. The fourth-order valence-corrected chi connectivity index (χ4v) is 3.39. The molecule has 166 valence electrons. The Morgan fingerprint density at radius 3 is 2.48 bits per heavy atom. The molecule has 0 spiro atoms. The Kier molecular flexibility index (Phi) is 8.49. The van der Waals surface area contributed by atoms with Crippen molar-refractivity contribution < 1.29 is 14.3 Å². The topological polar surface area (TPSA) is 87.7 Å². The molecule has 2 amide bonds. The Labute approximate surface area is 183 Å². The Balaban J connectivity index is 1.56. The smallest absolute Gasteiger partial charge is 0.274 e. The number of hydrogen-bond donors (Lipinski definition) is 1. The molecule has 0 aliphatic carbocycles. The molecule has 1 N–H and O–H groups in total. The fourth-order valence-electron chi connectivity index (χ4n) is 3.39. The molecule has 0 radical (unpaired) electrons. The van der Waals surface area contributed by atoms with Gasteiger partial charge in [-0.25, -0.2) is 4.98 Å². The summed E-state index contributed by atoms with van der Waals surface area (Å²) in [6, 6.07) is 7.65. The number of aryl methyl sites for hydroxylation is 2. The van der Waals surface area contributed by atoms with Gasteiger partial charge in [-0.2, -0.15) is 0 Å². The summed E-state index contributed by atoms with van der Waals surface area (Å²) in [4.78, 5) is 37.9. The summed E-state index contributed by atoms with van der Waals surface area (Å²) in [5.41, 5.74) is 2.95. The minimum Gasteiger partial charge on any atom is -0.379 e. The van der Waals surface area contributed by atoms with Crippen LogP contribution in [-0.4, -0.2) is 77.5 Å². The molecule has 0 unspecified atom stereocenters. The molecular weight excluding hydrogens is 394 g/mol. The van der Waals surface area contributed by atoms with Gasteiger partial charge in [0, 0.05) is 51.0 Å². The van der Waals surface area contributed by atoms with Gasteiger partial charge in [0.2, 0.25) is 5.91 Å². The number of anilines is 1. The number of rotatable bonds is 9. The molecule has 0 atom stereocenters. The van der Waals surface area contributed by atoms with Crippen LogP contribution in [0.5, 0.6) is 0 Å². The second-order valence-corrected chi connectivity index (χ2v) is 7.81. The third-order valence-electron chi connectivity index (χ3n) is 5.24. The number of nitrogens with one attached hydrogen (secondary N) is 1. The first-order valence-corrected chi connectivity index (χ1v) is 10.8. The molecule has 1 aromatic heterocycles. The zero-order valence-corrected chi connectivity index (χ0v) is 18.3. The molecule has 1 aliphatic rings. The van der Waals surface area contributed by atoms with E-state index < -0.39 is 0 Å². The minimum absolute atomic E-state index is 0.121. The second-order valence-electron chi connectivity index (χ2n) is 7.81. The van der Waals surface area contributed by atoms with E-state index in [-0.39, 0.29) is 18.2 Å². The van der Waals surface area contributed by atoms with E-state index in [0.29, 0.717) is 18.8 Å². The van der Waals surface area contributed by atoms with Gasteiger partial charge >= 0.3 is 0 Å². The van der Waals surface area contributed by atoms with Gasteiger partial charge in [0.25, 0.3) is 5.91 Å². The van der Waals surface area contributed by atoms with Crippen molar-refractivity contribution in [3.8, 4) is 0 Å². The van der Waals surface area contributed by atoms with Crippen molar-refractivity contribution in [2.45, 2.75) is 26.7 Å². The van der Waals surface area contributed by atoms with Crippen LogP contribution in [0.2, 0.25) is 0 Å². The molecule has 2 heterocycles. The summed E-state index contributed by atoms with van der Waals surface area (Å²) in [5.74, 6) is -0.317. The summed E-state index contributed by atoms with van der Waals surface area (Å²) in [5, 5.41) is 2.89. The van der Waals surface area contributed by atoms with Crippen molar-refractivity contribution in [1.29, 1.82) is 0 Å². The van der Waals surface area contributed by atoms with Gasteiger partial charge in [-0.1, -0.05) is 17.7 Å². The maximum Gasteiger partial charge on any atom is 0.274 e. The van der Waals surface area contributed by atoms with Crippen LogP contribution in [0.25, 0.3) is 0 Å². The molecule has 3 rings (SSSR count). The first-order chi connectivity index (χ1) is 15.0. The molecule has 1 saturated heterocycles. The van der Waals surface area contributed by atoms with E-state index in [1.165, 1.54) is 6.20 Å². The lowest BCUT2D eigenvalue weighted by Gasteiger charge is -2.28. The highest BCUT2D eigenvalue weighted by Gasteiger charge is 2.19. The number of carbonyl (C=O) groups is 2. The van der Waals surface area contributed by atoms with Gasteiger partial charge in [0.15, 0.2) is 0 Å². The van der Waals surface area contributed by atoms with Crippen molar-refractivity contribution in [1.82, 2.24) is 19.8 Å². The zero-order chi connectivity index (χ0) is 22.1. The van der Waals surface area contributed by atoms with Crippen LogP contribution in [-0.2, 0) is 9.53 Å². The Hall–Kier alpha value is -2.84. The second kappa shape index (κ2) is 11.5. The molecule has 8 heteroatoms.